The summed E-state index contributed by atoms with van der Waals surface area (Å²) in [5.41, 5.74) is 0.628. The molecule has 1 saturated carbocycles. The van der Waals surface area contributed by atoms with E-state index < -0.39 is 0 Å². The molecule has 0 spiro atoms. The Morgan fingerprint density at radius 3 is 2.71 bits per heavy atom. The van der Waals surface area contributed by atoms with Gasteiger partial charge in [0.25, 0.3) is 0 Å². The fourth-order valence-electron chi connectivity index (χ4n) is 1.60. The summed E-state index contributed by atoms with van der Waals surface area (Å²) in [6.07, 6.45) is 2.77. The summed E-state index contributed by atoms with van der Waals surface area (Å²) < 4.78 is 4.99. The molecule has 0 saturated heterocycles. The van der Waals surface area contributed by atoms with Gasteiger partial charge in [0.1, 0.15) is 6.29 Å². The second kappa shape index (κ2) is 3.01. The van der Waals surface area contributed by atoms with Gasteiger partial charge in [0, 0.05) is 0 Å². The Morgan fingerprint density at radius 1 is 1.50 bits per heavy atom. The van der Waals surface area contributed by atoms with Crippen molar-refractivity contribution in [3.8, 4) is 11.5 Å². The lowest BCUT2D eigenvalue weighted by atomic mass is 9.97. The summed E-state index contributed by atoms with van der Waals surface area (Å²) in [6.45, 7) is 0. The molecule has 1 aliphatic carbocycles. The van der Waals surface area contributed by atoms with Gasteiger partial charge in [-0.1, -0.05) is 6.07 Å². The van der Waals surface area contributed by atoms with Gasteiger partial charge >= 0.3 is 0 Å². The van der Waals surface area contributed by atoms with Crippen LogP contribution in [0.3, 0.4) is 0 Å². The summed E-state index contributed by atoms with van der Waals surface area (Å²) >= 11 is 0. The maximum absolute atomic E-state index is 10.9. The number of aldehydes is 1. The Balaban J connectivity index is 2.41. The molecule has 0 bridgehead atoms. The first-order chi connectivity index (χ1) is 6.72. The quantitative estimate of drug-likeness (QED) is 0.740. The Kier molecular flexibility index (Phi) is 1.95. The fourth-order valence-corrected chi connectivity index (χ4v) is 1.60. The summed E-state index contributed by atoms with van der Waals surface area (Å²) in [5.74, 6) is 0.536. The number of carbonyl (C=O) groups is 1. The minimum atomic E-state index is -0.305. The van der Waals surface area contributed by atoms with Gasteiger partial charge in [-0.25, -0.2) is 0 Å². The van der Waals surface area contributed by atoms with Crippen LogP contribution in [0.15, 0.2) is 18.2 Å². The van der Waals surface area contributed by atoms with E-state index in [4.69, 9.17) is 4.74 Å². The van der Waals surface area contributed by atoms with Crippen molar-refractivity contribution in [2.75, 3.05) is 7.11 Å². The third-order valence-corrected chi connectivity index (χ3v) is 2.77. The van der Waals surface area contributed by atoms with Gasteiger partial charge in [-0.15, -0.1) is 0 Å². The molecule has 0 aromatic heterocycles. The number of phenols is 1. The van der Waals surface area contributed by atoms with E-state index in [9.17, 15) is 9.90 Å². The Hall–Kier alpha value is -1.51. The smallest absolute Gasteiger partial charge is 0.160 e. The molecule has 74 valence electrons. The third-order valence-electron chi connectivity index (χ3n) is 2.77. The summed E-state index contributed by atoms with van der Waals surface area (Å²) in [7, 11) is 1.50. The largest absolute Gasteiger partial charge is 0.504 e. The third kappa shape index (κ3) is 1.25. The van der Waals surface area contributed by atoms with Crippen molar-refractivity contribution >= 4 is 6.29 Å². The molecule has 0 unspecified atom stereocenters. The Labute approximate surface area is 82.3 Å². The van der Waals surface area contributed by atoms with Crippen LogP contribution in [-0.2, 0) is 10.2 Å². The molecule has 0 aliphatic heterocycles. The zero-order valence-electron chi connectivity index (χ0n) is 7.99. The topological polar surface area (TPSA) is 46.5 Å². The maximum Gasteiger partial charge on any atom is 0.160 e. The van der Waals surface area contributed by atoms with Gasteiger partial charge in [0.05, 0.1) is 12.5 Å². The minimum Gasteiger partial charge on any atom is -0.504 e. The van der Waals surface area contributed by atoms with Gasteiger partial charge < -0.3 is 14.6 Å². The van der Waals surface area contributed by atoms with E-state index in [1.54, 1.807) is 18.2 Å². The number of benzene rings is 1. The van der Waals surface area contributed by atoms with Crippen LogP contribution in [0.5, 0.6) is 11.5 Å². The molecular formula is C11H12O3. The normalized spacial score (nSPS) is 17.5. The monoisotopic (exact) mass is 192 g/mol. The second-order valence-corrected chi connectivity index (χ2v) is 3.66. The van der Waals surface area contributed by atoms with Gasteiger partial charge in [-0.05, 0) is 30.5 Å². The number of carbonyl (C=O) groups excluding carboxylic acids is 1. The lowest BCUT2D eigenvalue weighted by molar-refractivity contribution is -0.109. The molecule has 1 fully saturated rings. The van der Waals surface area contributed by atoms with Crippen LogP contribution in [0, 0.1) is 0 Å². The van der Waals surface area contributed by atoms with Crippen LogP contribution in [0.1, 0.15) is 18.4 Å². The van der Waals surface area contributed by atoms with Gasteiger partial charge in [0.2, 0.25) is 0 Å². The summed E-state index contributed by atoms with van der Waals surface area (Å²) in [4.78, 5) is 10.9. The molecule has 0 radical (unpaired) electrons. The molecule has 1 aliphatic rings. The highest BCUT2D eigenvalue weighted by Crippen LogP contribution is 2.47. The van der Waals surface area contributed by atoms with E-state index in [1.807, 2.05) is 0 Å². The SMILES string of the molecule is COc1cc(C2(C=O)CC2)ccc1O. The summed E-state index contributed by atoms with van der Waals surface area (Å²) in [6, 6.07) is 5.08. The van der Waals surface area contributed by atoms with Crippen LogP contribution < -0.4 is 4.74 Å². The van der Waals surface area contributed by atoms with Crippen LogP contribution in [0.4, 0.5) is 0 Å². The van der Waals surface area contributed by atoms with Crippen molar-refractivity contribution in [3.63, 3.8) is 0 Å². The number of phenolic OH excluding ortho intramolecular Hbond substituents is 1. The first-order valence-electron chi connectivity index (χ1n) is 4.56. The fraction of sp³-hybridized carbons (Fsp3) is 0.364. The lowest BCUT2D eigenvalue weighted by Gasteiger charge is -2.10. The molecule has 2 rings (SSSR count). The molecule has 14 heavy (non-hydrogen) atoms. The summed E-state index contributed by atoms with van der Waals surface area (Å²) in [5, 5.41) is 9.38. The molecule has 3 nitrogen and oxygen atoms in total. The predicted molar refractivity (Wildman–Crippen MR) is 51.6 cm³/mol. The van der Waals surface area contributed by atoms with Crippen LogP contribution in [-0.4, -0.2) is 18.5 Å². The van der Waals surface area contributed by atoms with Crippen molar-refractivity contribution in [3.05, 3.63) is 23.8 Å². The van der Waals surface area contributed by atoms with Crippen LogP contribution in [0.25, 0.3) is 0 Å². The van der Waals surface area contributed by atoms with Crippen molar-refractivity contribution in [2.24, 2.45) is 0 Å². The number of ether oxygens (including phenoxy) is 1. The number of hydrogen-bond donors (Lipinski definition) is 1. The first-order valence-corrected chi connectivity index (χ1v) is 4.56. The Morgan fingerprint density at radius 2 is 2.21 bits per heavy atom. The molecule has 3 heteroatoms. The van der Waals surface area contributed by atoms with E-state index in [1.165, 1.54) is 7.11 Å². The van der Waals surface area contributed by atoms with Crippen LogP contribution in [0.2, 0.25) is 0 Å². The number of hydrogen-bond acceptors (Lipinski definition) is 3. The molecule has 0 amide bonds. The number of methoxy groups -OCH3 is 1. The van der Waals surface area contributed by atoms with E-state index >= 15 is 0 Å². The average Bonchev–Trinajstić information content (AvgIpc) is 2.99. The zero-order chi connectivity index (χ0) is 10.2. The van der Waals surface area contributed by atoms with Gasteiger partial charge in [-0.3, -0.25) is 0 Å². The van der Waals surface area contributed by atoms with Crippen molar-refractivity contribution in [1.82, 2.24) is 0 Å². The highest BCUT2D eigenvalue weighted by atomic mass is 16.5. The molecule has 0 heterocycles. The van der Waals surface area contributed by atoms with Crippen molar-refractivity contribution in [2.45, 2.75) is 18.3 Å². The lowest BCUT2D eigenvalue weighted by Crippen LogP contribution is -2.07. The van der Waals surface area contributed by atoms with Crippen LogP contribution >= 0.6 is 0 Å². The zero-order valence-corrected chi connectivity index (χ0v) is 7.99. The molecule has 0 atom stereocenters. The first kappa shape index (κ1) is 9.06. The second-order valence-electron chi connectivity index (χ2n) is 3.66. The standard InChI is InChI=1S/C11H12O3/c1-14-10-6-8(2-3-9(10)13)11(7-12)4-5-11/h2-3,6-7,13H,4-5H2,1H3. The van der Waals surface area contributed by atoms with Gasteiger partial charge in [0.15, 0.2) is 11.5 Å². The highest BCUT2D eigenvalue weighted by Gasteiger charge is 2.44. The highest BCUT2D eigenvalue weighted by molar-refractivity contribution is 5.73. The van der Waals surface area contributed by atoms with E-state index in [0.29, 0.717) is 5.75 Å². The van der Waals surface area contributed by atoms with E-state index in [2.05, 4.69) is 0 Å². The maximum atomic E-state index is 10.9. The van der Waals surface area contributed by atoms with Crippen molar-refractivity contribution < 1.29 is 14.6 Å². The molecule has 1 aromatic carbocycles. The number of aromatic hydroxyl groups is 1. The Bertz CT molecular complexity index is 367. The minimum absolute atomic E-state index is 0.109. The van der Waals surface area contributed by atoms with Crippen molar-refractivity contribution in [1.29, 1.82) is 0 Å². The molecule has 1 aromatic rings. The van der Waals surface area contributed by atoms with Gasteiger partial charge in [-0.2, -0.15) is 0 Å². The average molecular weight is 192 g/mol. The number of rotatable bonds is 3. The predicted octanol–water partition coefficient (Wildman–Crippen LogP) is 1.63. The molecular weight excluding hydrogens is 180 g/mol. The van der Waals surface area contributed by atoms with E-state index in [0.717, 1.165) is 24.7 Å². The molecule has 1 N–H and O–H groups in total. The van der Waals surface area contributed by atoms with E-state index in [-0.39, 0.29) is 11.2 Å².